The fourth-order valence-electron chi connectivity index (χ4n) is 4.15. The Morgan fingerprint density at radius 1 is 1.35 bits per heavy atom. The smallest absolute Gasteiger partial charge is 0.344 e. The second-order valence-corrected chi connectivity index (χ2v) is 9.68. The van der Waals surface area contributed by atoms with Crippen molar-refractivity contribution in [2.24, 2.45) is 0 Å². The van der Waals surface area contributed by atoms with Gasteiger partial charge in [0.05, 0.1) is 5.69 Å². The van der Waals surface area contributed by atoms with E-state index in [0.717, 1.165) is 36.1 Å². The van der Waals surface area contributed by atoms with Crippen LogP contribution in [-0.4, -0.2) is 38.1 Å². The first-order chi connectivity index (χ1) is 14.8. The molecule has 1 saturated heterocycles. The molecule has 0 radical (unpaired) electrons. The van der Waals surface area contributed by atoms with Gasteiger partial charge in [0, 0.05) is 24.0 Å². The Morgan fingerprint density at radius 2 is 2.10 bits per heavy atom. The zero-order chi connectivity index (χ0) is 22.3. The molecule has 8 heteroatoms. The van der Waals surface area contributed by atoms with Gasteiger partial charge in [-0.2, -0.15) is 0 Å². The fraction of sp³-hybridized carbons (Fsp3) is 0.391. The Bertz CT molecular complexity index is 1240. The highest BCUT2D eigenvalue weighted by molar-refractivity contribution is 7.99. The van der Waals surface area contributed by atoms with Gasteiger partial charge in [-0.1, -0.05) is 12.1 Å². The van der Waals surface area contributed by atoms with E-state index in [4.69, 9.17) is 0 Å². The largest absolute Gasteiger partial charge is 0.376 e. The van der Waals surface area contributed by atoms with Crippen molar-refractivity contribution in [3.8, 4) is 5.69 Å². The summed E-state index contributed by atoms with van der Waals surface area (Å²) in [5, 5.41) is 0.156. The molecule has 2 aromatic rings. The van der Waals surface area contributed by atoms with Crippen LogP contribution < -0.4 is 16.4 Å². The molecular weight excluding hydrogens is 420 g/mol. The van der Waals surface area contributed by atoms with Crippen LogP contribution in [0.4, 0.5) is 8.78 Å². The lowest BCUT2D eigenvalue weighted by molar-refractivity contribution is -0.104. The molecule has 31 heavy (non-hydrogen) atoms. The van der Waals surface area contributed by atoms with E-state index in [1.54, 1.807) is 13.0 Å². The Hall–Kier alpha value is -2.61. The lowest BCUT2D eigenvalue weighted by Gasteiger charge is -2.15. The summed E-state index contributed by atoms with van der Waals surface area (Å²) in [5.41, 5.74) is 0.811. The Balaban J connectivity index is 2.14. The minimum absolute atomic E-state index is 0.0713. The number of aryl methyl sites for hydroxylation is 1. The minimum atomic E-state index is -1.09. The summed E-state index contributed by atoms with van der Waals surface area (Å²) in [6.45, 7) is 6.31. The van der Waals surface area contributed by atoms with Crippen LogP contribution in [0.2, 0.25) is 0 Å². The van der Waals surface area contributed by atoms with E-state index in [1.807, 2.05) is 18.0 Å². The third kappa shape index (κ3) is 3.78. The molecule has 2 fully saturated rings. The zero-order valence-electron chi connectivity index (χ0n) is 17.7. The number of rotatable bonds is 6. The lowest BCUT2D eigenvalue weighted by atomic mass is 10.2. The molecule has 4 rings (SSSR count). The van der Waals surface area contributed by atoms with Crippen molar-refractivity contribution >= 4 is 29.8 Å². The molecule has 1 aromatic carbocycles. The summed E-state index contributed by atoms with van der Waals surface area (Å²) in [6.07, 6.45) is 5.91. The maximum atomic E-state index is 15.0. The lowest BCUT2D eigenvalue weighted by Crippen LogP contribution is -2.38. The minimum Gasteiger partial charge on any atom is -0.376 e. The SMILES string of the molecule is C=CCC1(Sn2c(=O)n(-c3ccc(C)cc3F)c(=C(\F)C=O)/c2=C2/CCCN2C)CC1. The molecule has 0 N–H and O–H groups in total. The molecular formula is C23H25F2N3O2S. The van der Waals surface area contributed by atoms with Crippen molar-refractivity contribution in [1.82, 2.24) is 13.4 Å². The van der Waals surface area contributed by atoms with Gasteiger partial charge < -0.3 is 4.90 Å². The van der Waals surface area contributed by atoms with Gasteiger partial charge in [0.1, 0.15) is 16.5 Å². The zero-order valence-corrected chi connectivity index (χ0v) is 18.5. The molecule has 164 valence electrons. The van der Waals surface area contributed by atoms with Gasteiger partial charge in [-0.05, 0) is 68.7 Å². The highest BCUT2D eigenvalue weighted by Crippen LogP contribution is 2.51. The van der Waals surface area contributed by atoms with Gasteiger partial charge in [-0.15, -0.1) is 6.58 Å². The van der Waals surface area contributed by atoms with Crippen LogP contribution in [0, 0.1) is 12.7 Å². The maximum absolute atomic E-state index is 15.0. The number of carbonyl (C=O) groups excluding carboxylic acids is 1. The van der Waals surface area contributed by atoms with Gasteiger partial charge in [0.2, 0.25) is 0 Å². The number of hydrogen-bond donors (Lipinski definition) is 0. The average Bonchev–Trinajstić information content (AvgIpc) is 3.27. The first-order valence-electron chi connectivity index (χ1n) is 10.3. The normalized spacial score (nSPS) is 20.1. The van der Waals surface area contributed by atoms with Crippen LogP contribution in [0.25, 0.3) is 17.2 Å². The summed E-state index contributed by atoms with van der Waals surface area (Å²) in [5.74, 6) is -1.74. The van der Waals surface area contributed by atoms with Gasteiger partial charge in [-0.3, -0.25) is 9.36 Å². The average molecular weight is 446 g/mol. The molecule has 1 saturated carbocycles. The number of nitrogens with zero attached hydrogens (tertiary/aromatic N) is 3. The highest BCUT2D eigenvalue weighted by atomic mass is 32.2. The van der Waals surface area contributed by atoms with Crippen molar-refractivity contribution < 1.29 is 13.6 Å². The van der Waals surface area contributed by atoms with Gasteiger partial charge in [-0.25, -0.2) is 17.5 Å². The van der Waals surface area contributed by atoms with E-state index in [0.29, 0.717) is 23.8 Å². The van der Waals surface area contributed by atoms with Crippen LogP contribution in [0.1, 0.15) is 37.7 Å². The highest BCUT2D eigenvalue weighted by Gasteiger charge is 2.44. The predicted octanol–water partition coefficient (Wildman–Crippen LogP) is 2.80. The third-order valence-corrected chi connectivity index (χ3v) is 7.42. The van der Waals surface area contributed by atoms with Crippen LogP contribution in [-0.2, 0) is 4.79 Å². The Morgan fingerprint density at radius 3 is 2.65 bits per heavy atom. The van der Waals surface area contributed by atoms with Crippen molar-refractivity contribution in [2.45, 2.75) is 43.8 Å². The van der Waals surface area contributed by atoms with Crippen LogP contribution in [0.3, 0.4) is 0 Å². The fourth-order valence-corrected chi connectivity index (χ4v) is 5.46. The number of halogens is 2. The monoisotopic (exact) mass is 445 g/mol. The number of imidazole rings is 1. The Labute approximate surface area is 183 Å². The van der Waals surface area contributed by atoms with Crippen LogP contribution in [0.15, 0.2) is 35.6 Å². The molecule has 0 unspecified atom stereocenters. The van der Waals surface area contributed by atoms with Gasteiger partial charge in [0.25, 0.3) is 0 Å². The first-order valence-corrected chi connectivity index (χ1v) is 11.1. The molecule has 1 aliphatic carbocycles. The van der Waals surface area contributed by atoms with E-state index >= 15 is 4.39 Å². The van der Waals surface area contributed by atoms with Crippen LogP contribution in [0.5, 0.6) is 0 Å². The first kappa shape index (κ1) is 21.6. The molecule has 1 aromatic heterocycles. The molecule has 0 spiro atoms. The van der Waals surface area contributed by atoms with Crippen molar-refractivity contribution in [1.29, 1.82) is 0 Å². The number of benzene rings is 1. The molecule has 0 bridgehead atoms. The number of likely N-dealkylation sites (tertiary alicyclic amines) is 1. The maximum Gasteiger partial charge on any atom is 0.344 e. The second kappa shape index (κ2) is 8.15. The summed E-state index contributed by atoms with van der Waals surface area (Å²) in [4.78, 5) is 27.1. The van der Waals surface area contributed by atoms with E-state index in [1.165, 1.54) is 28.1 Å². The molecule has 2 heterocycles. The third-order valence-electron chi connectivity index (χ3n) is 5.94. The van der Waals surface area contributed by atoms with Gasteiger partial charge in [0.15, 0.2) is 12.1 Å². The summed E-state index contributed by atoms with van der Waals surface area (Å²) < 4.78 is 32.2. The number of aromatic nitrogens is 2. The number of hydrogen-bond acceptors (Lipinski definition) is 4. The number of allylic oxidation sites excluding steroid dienone is 1. The number of carbonyl (C=O) groups is 1. The van der Waals surface area contributed by atoms with Crippen molar-refractivity contribution in [3.63, 3.8) is 0 Å². The van der Waals surface area contributed by atoms with E-state index in [9.17, 15) is 14.0 Å². The standard InChI is InChI=1S/C23H25F2N3O2S/c1-4-9-23(10-11-23)31-28-21(19-6-5-12-26(19)3)20(17(25)14-29)27(22(28)30)18-8-7-15(2)13-16(18)24/h4,7-8,13-14H,1,5-6,9-12H2,2-3H3/b20-17-,21-19+. The predicted molar refractivity (Wildman–Crippen MR) is 120 cm³/mol. The van der Waals surface area contributed by atoms with E-state index < -0.39 is 17.3 Å². The topological polar surface area (TPSA) is 47.2 Å². The molecule has 0 atom stereocenters. The number of aldehydes is 1. The molecule has 1 aliphatic heterocycles. The summed E-state index contributed by atoms with van der Waals surface area (Å²) in [7, 11) is 1.88. The summed E-state index contributed by atoms with van der Waals surface area (Å²) >= 11 is 1.34. The molecule has 2 aliphatic rings. The van der Waals surface area contributed by atoms with E-state index in [-0.39, 0.29) is 22.1 Å². The molecule has 0 amide bonds. The quantitative estimate of drug-likeness (QED) is 0.507. The second-order valence-electron chi connectivity index (χ2n) is 8.27. The Kier molecular flexibility index (Phi) is 5.68. The van der Waals surface area contributed by atoms with Crippen LogP contribution >= 0.6 is 11.9 Å². The summed E-state index contributed by atoms with van der Waals surface area (Å²) in [6, 6.07) is 4.40. The molecule has 5 nitrogen and oxygen atoms in total. The van der Waals surface area contributed by atoms with Gasteiger partial charge >= 0.3 is 5.69 Å². The van der Waals surface area contributed by atoms with Crippen molar-refractivity contribution in [3.05, 3.63) is 63.4 Å². The van der Waals surface area contributed by atoms with Crippen molar-refractivity contribution in [2.75, 3.05) is 13.6 Å². The van der Waals surface area contributed by atoms with E-state index in [2.05, 4.69) is 6.58 Å².